The fraction of sp³-hybridized carbons (Fsp3) is 0.0625. The van der Waals surface area contributed by atoms with Crippen LogP contribution >= 0.6 is 24.2 Å². The highest BCUT2D eigenvalue weighted by atomic mass is 35.5. The third kappa shape index (κ3) is 3.09. The summed E-state index contributed by atoms with van der Waals surface area (Å²) >= 11 is 10.1. The maximum atomic E-state index is 11.3. The lowest BCUT2D eigenvalue weighted by atomic mass is 10.2. The molecule has 0 amide bonds. The molecular formula is C16H12ClN3O2S. The normalized spacial score (nSPS) is 12.1. The number of aliphatic carboxylic acids is 1. The molecule has 0 fully saturated rings. The van der Waals surface area contributed by atoms with Gasteiger partial charge in [0.15, 0.2) is 16.9 Å². The summed E-state index contributed by atoms with van der Waals surface area (Å²) in [7, 11) is 0. The van der Waals surface area contributed by atoms with Crippen molar-refractivity contribution in [2.24, 2.45) is 0 Å². The second-order valence-electron chi connectivity index (χ2n) is 4.80. The number of thiol groups is 1. The average molecular weight is 346 g/mol. The molecule has 116 valence electrons. The second-order valence-corrected chi connectivity index (χ2v) is 5.75. The van der Waals surface area contributed by atoms with Gasteiger partial charge in [-0.1, -0.05) is 29.8 Å². The van der Waals surface area contributed by atoms with Crippen molar-refractivity contribution in [2.45, 2.75) is 5.25 Å². The van der Waals surface area contributed by atoms with Gasteiger partial charge in [-0.25, -0.2) is 0 Å². The highest BCUT2D eigenvalue weighted by Gasteiger charge is 2.25. The Labute approximate surface area is 143 Å². The molecule has 0 bridgehead atoms. The summed E-state index contributed by atoms with van der Waals surface area (Å²) in [6.45, 7) is 0. The first-order chi connectivity index (χ1) is 11.1. The molecule has 1 N–H and O–H groups in total. The second kappa shape index (κ2) is 6.44. The molecule has 7 heteroatoms. The molecule has 0 aliphatic carbocycles. The topological polar surface area (TPSA) is 68.0 Å². The minimum Gasteiger partial charge on any atom is -0.480 e. The molecule has 0 aliphatic rings. The number of aromatic nitrogens is 3. The van der Waals surface area contributed by atoms with Gasteiger partial charge < -0.3 is 5.11 Å². The highest BCUT2D eigenvalue weighted by molar-refractivity contribution is 7.81. The van der Waals surface area contributed by atoms with Crippen LogP contribution in [0.4, 0.5) is 0 Å². The molecule has 1 aromatic heterocycles. The summed E-state index contributed by atoms with van der Waals surface area (Å²) in [5.74, 6) is -0.305. The van der Waals surface area contributed by atoms with Gasteiger partial charge in [-0.05, 0) is 36.4 Å². The maximum Gasteiger partial charge on any atom is 0.324 e. The Kier molecular flexibility index (Phi) is 4.36. The molecule has 5 nitrogen and oxygen atoms in total. The summed E-state index contributed by atoms with van der Waals surface area (Å²) in [6.07, 6.45) is 0. The van der Waals surface area contributed by atoms with Crippen molar-refractivity contribution in [1.82, 2.24) is 14.8 Å². The summed E-state index contributed by atoms with van der Waals surface area (Å²) in [5.41, 5.74) is 1.54. The summed E-state index contributed by atoms with van der Waals surface area (Å²) < 4.78 is 1.69. The highest BCUT2D eigenvalue weighted by Crippen LogP contribution is 2.28. The Bertz CT molecular complexity index is 834. The molecule has 0 saturated heterocycles. The van der Waals surface area contributed by atoms with Gasteiger partial charge in [0.25, 0.3) is 0 Å². The fourth-order valence-electron chi connectivity index (χ4n) is 2.20. The van der Waals surface area contributed by atoms with Crippen LogP contribution in [-0.4, -0.2) is 25.8 Å². The van der Waals surface area contributed by atoms with E-state index in [4.69, 9.17) is 11.6 Å². The van der Waals surface area contributed by atoms with E-state index in [9.17, 15) is 9.90 Å². The molecule has 1 unspecified atom stereocenters. The van der Waals surface area contributed by atoms with E-state index >= 15 is 0 Å². The molecule has 0 radical (unpaired) electrons. The van der Waals surface area contributed by atoms with E-state index in [2.05, 4.69) is 22.8 Å². The van der Waals surface area contributed by atoms with E-state index < -0.39 is 11.2 Å². The number of nitrogens with zero attached hydrogens (tertiary/aromatic N) is 3. The number of hydrogen-bond acceptors (Lipinski definition) is 4. The molecule has 1 heterocycles. The third-order valence-electron chi connectivity index (χ3n) is 3.28. The first kappa shape index (κ1) is 15.6. The van der Waals surface area contributed by atoms with Crippen LogP contribution in [0.3, 0.4) is 0 Å². The summed E-state index contributed by atoms with van der Waals surface area (Å²) in [6, 6.07) is 16.4. The van der Waals surface area contributed by atoms with Crippen molar-refractivity contribution in [3.63, 3.8) is 0 Å². The zero-order chi connectivity index (χ0) is 16.4. The number of carbonyl (C=O) groups is 1. The molecule has 0 spiro atoms. The van der Waals surface area contributed by atoms with Gasteiger partial charge in [-0.3, -0.25) is 9.36 Å². The molecule has 0 aliphatic heterocycles. The predicted molar refractivity (Wildman–Crippen MR) is 91.2 cm³/mol. The summed E-state index contributed by atoms with van der Waals surface area (Å²) in [4.78, 5) is 11.3. The molecular weight excluding hydrogens is 334 g/mol. The number of carboxylic acid groups (broad SMARTS) is 1. The van der Waals surface area contributed by atoms with Gasteiger partial charge in [-0.15, -0.1) is 10.2 Å². The number of carboxylic acids is 1. The van der Waals surface area contributed by atoms with Crippen molar-refractivity contribution in [3.05, 3.63) is 65.4 Å². The monoisotopic (exact) mass is 345 g/mol. The standard InChI is InChI=1S/C16H12ClN3O2S/c17-11-8-6-10(7-9-11)14-18-19-15(13(23)16(21)22)20(14)12-4-2-1-3-5-12/h1-9,13,23H,(H,21,22). The van der Waals surface area contributed by atoms with E-state index in [1.165, 1.54) is 0 Å². The maximum absolute atomic E-state index is 11.3. The minimum atomic E-state index is -1.08. The van der Waals surface area contributed by atoms with E-state index in [0.717, 1.165) is 11.3 Å². The quantitative estimate of drug-likeness (QED) is 0.708. The van der Waals surface area contributed by atoms with E-state index in [1.54, 1.807) is 16.7 Å². The van der Waals surface area contributed by atoms with Crippen molar-refractivity contribution in [2.75, 3.05) is 0 Å². The van der Waals surface area contributed by atoms with Gasteiger partial charge >= 0.3 is 5.97 Å². The Morgan fingerprint density at radius 3 is 2.35 bits per heavy atom. The Morgan fingerprint density at radius 2 is 1.74 bits per heavy atom. The van der Waals surface area contributed by atoms with Crippen LogP contribution in [0.1, 0.15) is 11.1 Å². The third-order valence-corrected chi connectivity index (χ3v) is 3.99. The van der Waals surface area contributed by atoms with Crippen LogP contribution in [-0.2, 0) is 4.79 Å². The van der Waals surface area contributed by atoms with E-state index in [0.29, 0.717) is 10.8 Å². The van der Waals surface area contributed by atoms with E-state index in [-0.39, 0.29) is 5.82 Å². The van der Waals surface area contributed by atoms with Crippen LogP contribution < -0.4 is 0 Å². The lowest BCUT2D eigenvalue weighted by Crippen LogP contribution is -2.12. The van der Waals surface area contributed by atoms with Crippen molar-refractivity contribution in [3.8, 4) is 17.1 Å². The molecule has 3 rings (SSSR count). The van der Waals surface area contributed by atoms with Gasteiger partial charge in [0.2, 0.25) is 0 Å². The molecule has 2 aromatic carbocycles. The Balaban J connectivity index is 2.21. The molecule has 0 saturated carbocycles. The Morgan fingerprint density at radius 1 is 1.09 bits per heavy atom. The molecule has 3 aromatic rings. The zero-order valence-electron chi connectivity index (χ0n) is 11.8. The van der Waals surface area contributed by atoms with Crippen LogP contribution in [0.2, 0.25) is 5.02 Å². The smallest absolute Gasteiger partial charge is 0.324 e. The van der Waals surface area contributed by atoms with Crippen LogP contribution in [0.15, 0.2) is 54.6 Å². The Hall–Kier alpha value is -2.31. The first-order valence-electron chi connectivity index (χ1n) is 6.75. The van der Waals surface area contributed by atoms with Gasteiger partial charge in [0, 0.05) is 16.3 Å². The fourth-order valence-corrected chi connectivity index (χ4v) is 2.49. The number of rotatable bonds is 4. The van der Waals surface area contributed by atoms with Crippen molar-refractivity contribution < 1.29 is 9.90 Å². The SMILES string of the molecule is O=C(O)C(S)c1nnc(-c2ccc(Cl)cc2)n1-c1ccccc1. The number of halogens is 1. The number of hydrogen-bond donors (Lipinski definition) is 2. The van der Waals surface area contributed by atoms with Crippen LogP contribution in [0.5, 0.6) is 0 Å². The van der Waals surface area contributed by atoms with Crippen molar-refractivity contribution >= 4 is 30.2 Å². The van der Waals surface area contributed by atoms with Gasteiger partial charge in [-0.2, -0.15) is 12.6 Å². The number of para-hydroxylation sites is 1. The van der Waals surface area contributed by atoms with Crippen LogP contribution in [0, 0.1) is 0 Å². The predicted octanol–water partition coefficient (Wildman–Crippen LogP) is 3.64. The van der Waals surface area contributed by atoms with Gasteiger partial charge in [0.05, 0.1) is 0 Å². The summed E-state index contributed by atoms with van der Waals surface area (Å²) in [5, 5.41) is 17.0. The lowest BCUT2D eigenvalue weighted by molar-refractivity contribution is -0.136. The first-order valence-corrected chi connectivity index (χ1v) is 7.65. The molecule has 1 atom stereocenters. The minimum absolute atomic E-state index is 0.247. The van der Waals surface area contributed by atoms with Crippen LogP contribution in [0.25, 0.3) is 17.1 Å². The number of benzene rings is 2. The average Bonchev–Trinajstić information content (AvgIpc) is 3.00. The van der Waals surface area contributed by atoms with Crippen molar-refractivity contribution in [1.29, 1.82) is 0 Å². The zero-order valence-corrected chi connectivity index (χ0v) is 13.4. The lowest BCUT2D eigenvalue weighted by Gasteiger charge is -2.12. The largest absolute Gasteiger partial charge is 0.480 e. The molecule has 23 heavy (non-hydrogen) atoms. The van der Waals surface area contributed by atoms with E-state index in [1.807, 2.05) is 42.5 Å². The van der Waals surface area contributed by atoms with Gasteiger partial charge in [0.1, 0.15) is 0 Å².